The molecule has 6 aromatic carbocycles. The number of halogens is 1. The van der Waals surface area contributed by atoms with E-state index in [-0.39, 0.29) is 23.0 Å². The van der Waals surface area contributed by atoms with Gasteiger partial charge in [-0.3, -0.25) is 19.9 Å². The van der Waals surface area contributed by atoms with Gasteiger partial charge in [0.1, 0.15) is 11.5 Å². The highest BCUT2D eigenvalue weighted by Gasteiger charge is 2.33. The van der Waals surface area contributed by atoms with Crippen molar-refractivity contribution in [1.82, 2.24) is 4.98 Å². The van der Waals surface area contributed by atoms with Crippen LogP contribution < -0.4 is 19.8 Å². The van der Waals surface area contributed by atoms with Crippen molar-refractivity contribution in [2.45, 2.75) is 0 Å². The molecule has 0 radical (unpaired) electrons. The fraction of sp³-hybridized carbons (Fsp3) is 0.0435. The number of rotatable bonds is 10. The van der Waals surface area contributed by atoms with Crippen LogP contribution in [0.1, 0.15) is 27.0 Å². The van der Waals surface area contributed by atoms with Crippen molar-refractivity contribution in [2.75, 3.05) is 24.5 Å². The van der Waals surface area contributed by atoms with E-state index in [4.69, 9.17) is 26.1 Å². The molecule has 2 N–H and O–H groups in total. The number of amidine groups is 2. The molecule has 1 aliphatic rings. The molecule has 12 heteroatoms. The molecule has 0 spiro atoms. The van der Waals surface area contributed by atoms with Crippen LogP contribution in [0, 0.1) is 0 Å². The van der Waals surface area contributed by atoms with Crippen LogP contribution >= 0.6 is 11.6 Å². The second-order valence-corrected chi connectivity index (χ2v) is 13.4. The normalized spacial score (nSPS) is 13.7. The Hall–Kier alpha value is -7.63. The lowest BCUT2D eigenvalue weighted by Crippen LogP contribution is -2.32. The molecule has 7 aromatic rings. The summed E-state index contributed by atoms with van der Waals surface area (Å²) in [5.41, 5.74) is 9.55. The van der Waals surface area contributed by atoms with Crippen molar-refractivity contribution in [1.29, 1.82) is 0 Å². The SMILES string of the molecule is COc1ccc(/C(N=NC(=O)c2ccc(N3C(=O)/C(=C/c4c(-c5ccccc5)[nH]c5ccccc45)N=C3c3ccccc3)cc2)=N\Nc2ccc(Cl)cc2)cc1OC. The highest BCUT2D eigenvalue weighted by Crippen LogP contribution is 2.35. The number of azo groups is 1. The Balaban J connectivity index is 1.10. The molecular formula is C46H34ClN7O4. The number of H-pyrrole nitrogens is 1. The largest absolute Gasteiger partial charge is 0.493 e. The molecule has 0 aliphatic carbocycles. The van der Waals surface area contributed by atoms with Crippen LogP contribution in [0.3, 0.4) is 0 Å². The van der Waals surface area contributed by atoms with Crippen LogP contribution in [0.15, 0.2) is 178 Å². The second kappa shape index (κ2) is 16.6. The number of amides is 2. The number of benzene rings is 6. The summed E-state index contributed by atoms with van der Waals surface area (Å²) in [5.74, 6) is 0.592. The molecule has 0 atom stereocenters. The predicted octanol–water partition coefficient (Wildman–Crippen LogP) is 10.4. The van der Waals surface area contributed by atoms with E-state index in [0.717, 1.165) is 33.3 Å². The monoisotopic (exact) mass is 783 g/mol. The molecule has 0 saturated carbocycles. The highest BCUT2D eigenvalue weighted by atomic mass is 35.5. The van der Waals surface area contributed by atoms with Gasteiger partial charge in [-0.1, -0.05) is 90.5 Å². The van der Waals surface area contributed by atoms with E-state index in [2.05, 4.69) is 25.7 Å². The minimum atomic E-state index is -0.621. The van der Waals surface area contributed by atoms with E-state index in [0.29, 0.717) is 39.3 Å². The average molecular weight is 784 g/mol. The molecule has 11 nitrogen and oxygen atoms in total. The number of para-hydroxylation sites is 1. The number of aromatic nitrogens is 1. The smallest absolute Gasteiger partial charge is 0.295 e. The van der Waals surface area contributed by atoms with E-state index in [1.807, 2.05) is 91.0 Å². The zero-order valence-corrected chi connectivity index (χ0v) is 32.0. The number of nitrogens with one attached hydrogen (secondary N) is 2. The van der Waals surface area contributed by atoms with E-state index < -0.39 is 5.91 Å². The van der Waals surface area contributed by atoms with Crippen molar-refractivity contribution in [3.63, 3.8) is 0 Å². The number of carbonyl (C=O) groups excluding carboxylic acids is 2. The molecule has 0 bridgehead atoms. The fourth-order valence-corrected chi connectivity index (χ4v) is 6.61. The molecule has 58 heavy (non-hydrogen) atoms. The van der Waals surface area contributed by atoms with Crippen LogP contribution in [0.25, 0.3) is 28.2 Å². The third-order valence-corrected chi connectivity index (χ3v) is 9.62. The van der Waals surface area contributed by atoms with Crippen molar-refractivity contribution in [2.24, 2.45) is 20.3 Å². The Morgan fingerprint density at radius 3 is 2.10 bits per heavy atom. The van der Waals surface area contributed by atoms with Gasteiger partial charge in [0.15, 0.2) is 11.5 Å². The number of nitrogens with zero attached hydrogens (tertiary/aromatic N) is 5. The number of methoxy groups -OCH3 is 2. The van der Waals surface area contributed by atoms with Gasteiger partial charge >= 0.3 is 0 Å². The standard InChI is InChI=1S/C46H34ClN7O4/c1-57-40-26-19-32(27-41(40)58-2)43(51-50-34-22-20-33(47)21-23-34)52-53-45(55)31-17-24-35(25-18-31)54-44(30-13-7-4-8-14-30)49-39(46(54)56)28-37-36-15-9-10-16-38(36)48-42(37)29-11-5-3-6-12-29/h3-28,48,50H,1-2H3/b39-28-,51-43+,53-52?. The number of hydrogen-bond acceptors (Lipinski definition) is 7. The molecular weight excluding hydrogens is 750 g/mol. The maximum Gasteiger partial charge on any atom is 0.295 e. The molecule has 284 valence electrons. The number of aromatic amines is 1. The first-order valence-electron chi connectivity index (χ1n) is 18.1. The van der Waals surface area contributed by atoms with Gasteiger partial charge in [-0.15, -0.1) is 10.2 Å². The minimum Gasteiger partial charge on any atom is -0.493 e. The molecule has 0 fully saturated rings. The zero-order chi connectivity index (χ0) is 40.0. The number of anilines is 2. The number of carbonyl (C=O) groups is 2. The number of hydrazone groups is 1. The van der Waals surface area contributed by atoms with E-state index in [9.17, 15) is 9.59 Å². The third-order valence-electron chi connectivity index (χ3n) is 9.37. The number of aliphatic imine (C=N–C) groups is 1. The topological polar surface area (TPSA) is 133 Å². The van der Waals surface area contributed by atoms with Crippen LogP contribution in [0.2, 0.25) is 5.02 Å². The van der Waals surface area contributed by atoms with E-state index >= 15 is 0 Å². The maximum absolute atomic E-state index is 14.4. The van der Waals surface area contributed by atoms with E-state index in [1.165, 1.54) is 14.2 Å². The van der Waals surface area contributed by atoms with Gasteiger partial charge in [0.25, 0.3) is 11.8 Å². The summed E-state index contributed by atoms with van der Waals surface area (Å²) < 4.78 is 10.9. The fourth-order valence-electron chi connectivity index (χ4n) is 6.49. The molecule has 8 rings (SSSR count). The van der Waals surface area contributed by atoms with Gasteiger partial charge in [0.2, 0.25) is 5.84 Å². The first-order valence-corrected chi connectivity index (χ1v) is 18.5. The molecule has 0 unspecified atom stereocenters. The van der Waals surface area contributed by atoms with Crippen LogP contribution in [0.4, 0.5) is 11.4 Å². The Morgan fingerprint density at radius 2 is 1.40 bits per heavy atom. The predicted molar refractivity (Wildman–Crippen MR) is 229 cm³/mol. The van der Waals surface area contributed by atoms with Crippen molar-refractivity contribution >= 4 is 63.4 Å². The Morgan fingerprint density at radius 1 is 0.741 bits per heavy atom. The van der Waals surface area contributed by atoms with Gasteiger partial charge < -0.3 is 14.5 Å². The molecule has 1 aromatic heterocycles. The van der Waals surface area contributed by atoms with Crippen LogP contribution in [0.5, 0.6) is 11.5 Å². The third kappa shape index (κ3) is 7.75. The lowest BCUT2D eigenvalue weighted by Gasteiger charge is -2.18. The Kier molecular flexibility index (Phi) is 10.7. The molecule has 1 aliphatic heterocycles. The maximum atomic E-state index is 14.4. The van der Waals surface area contributed by atoms with Crippen molar-refractivity contribution < 1.29 is 19.1 Å². The minimum absolute atomic E-state index is 0.109. The number of fused-ring (bicyclic) bond motifs is 1. The first-order chi connectivity index (χ1) is 28.4. The number of hydrogen-bond donors (Lipinski definition) is 2. The summed E-state index contributed by atoms with van der Waals surface area (Å²) in [5, 5.41) is 14.2. The number of ether oxygens (including phenoxy) is 2. The summed E-state index contributed by atoms with van der Waals surface area (Å²) >= 11 is 6.05. The summed E-state index contributed by atoms with van der Waals surface area (Å²) in [6.07, 6.45) is 1.84. The van der Waals surface area contributed by atoms with Gasteiger partial charge in [-0.05, 0) is 84.4 Å². The lowest BCUT2D eigenvalue weighted by atomic mass is 10.0. The molecule has 2 heterocycles. The summed E-state index contributed by atoms with van der Waals surface area (Å²) in [4.78, 5) is 37.9. The summed E-state index contributed by atoms with van der Waals surface area (Å²) in [6, 6.07) is 46.1. The molecule has 2 amide bonds. The van der Waals surface area contributed by atoms with Crippen molar-refractivity contribution in [3.05, 3.63) is 185 Å². The van der Waals surface area contributed by atoms with Crippen LogP contribution in [-0.2, 0) is 4.79 Å². The van der Waals surface area contributed by atoms with Crippen LogP contribution in [-0.4, -0.2) is 42.7 Å². The Labute approximate surface area is 338 Å². The molecule has 0 saturated heterocycles. The van der Waals surface area contributed by atoms with Crippen molar-refractivity contribution in [3.8, 4) is 22.8 Å². The van der Waals surface area contributed by atoms with Gasteiger partial charge in [-0.25, -0.2) is 4.99 Å². The summed E-state index contributed by atoms with van der Waals surface area (Å²) in [6.45, 7) is 0. The van der Waals surface area contributed by atoms with Gasteiger partial charge in [-0.2, -0.15) is 5.10 Å². The van der Waals surface area contributed by atoms with E-state index in [1.54, 1.807) is 71.6 Å². The average Bonchev–Trinajstić information content (AvgIpc) is 3.81. The second-order valence-electron chi connectivity index (χ2n) is 13.0. The lowest BCUT2D eigenvalue weighted by molar-refractivity contribution is -0.113. The quantitative estimate of drug-likeness (QED) is 0.0468. The summed E-state index contributed by atoms with van der Waals surface area (Å²) in [7, 11) is 3.06. The highest BCUT2D eigenvalue weighted by molar-refractivity contribution is 6.33. The van der Waals surface area contributed by atoms with Gasteiger partial charge in [0, 0.05) is 38.2 Å². The Bertz CT molecular complexity index is 2760. The van der Waals surface area contributed by atoms with Gasteiger partial charge in [0.05, 0.1) is 31.3 Å². The zero-order valence-electron chi connectivity index (χ0n) is 31.3. The first kappa shape index (κ1) is 37.3.